The molecule has 2 N–H and O–H groups in total. The molecule has 0 bridgehead atoms. The molecular formula is C9H11N3O4. The molecule has 1 atom stereocenters. The second kappa shape index (κ2) is 5.06. The Kier molecular flexibility index (Phi) is 3.76. The van der Waals surface area contributed by atoms with Crippen LogP contribution in [0.4, 0.5) is 0 Å². The maximum Gasteiger partial charge on any atom is 0.328 e. The van der Waals surface area contributed by atoms with Crippen molar-refractivity contribution >= 4 is 11.9 Å². The highest BCUT2D eigenvalue weighted by Gasteiger charge is 2.19. The van der Waals surface area contributed by atoms with E-state index in [9.17, 15) is 14.4 Å². The van der Waals surface area contributed by atoms with Crippen LogP contribution in [0.3, 0.4) is 0 Å². The molecule has 0 spiro atoms. The first-order valence-electron chi connectivity index (χ1n) is 4.51. The number of hydrogen-bond acceptors (Lipinski definition) is 4. The van der Waals surface area contributed by atoms with E-state index in [0.29, 0.717) is 0 Å². The normalized spacial score (nSPS) is 11.8. The van der Waals surface area contributed by atoms with Crippen LogP contribution in [0.2, 0.25) is 0 Å². The number of nitrogens with zero attached hydrogens (tertiary/aromatic N) is 2. The van der Waals surface area contributed by atoms with E-state index in [1.54, 1.807) is 0 Å². The van der Waals surface area contributed by atoms with Crippen LogP contribution in [-0.4, -0.2) is 32.6 Å². The predicted molar refractivity (Wildman–Crippen MR) is 53.7 cm³/mol. The molecule has 1 aromatic rings. The number of aliphatic carboxylic acids is 1. The summed E-state index contributed by atoms with van der Waals surface area (Å²) >= 11 is 0. The average Bonchev–Trinajstić information content (AvgIpc) is 2.19. The Morgan fingerprint density at radius 2 is 2.31 bits per heavy atom. The van der Waals surface area contributed by atoms with E-state index >= 15 is 0 Å². The van der Waals surface area contributed by atoms with Gasteiger partial charge in [-0.3, -0.25) is 14.2 Å². The van der Waals surface area contributed by atoms with Crippen molar-refractivity contribution in [2.45, 2.75) is 19.5 Å². The zero-order valence-electron chi connectivity index (χ0n) is 8.58. The standard InChI is InChI=1S/C9H11N3O4/c1-6(13)11-7(9(15)16)4-12-5-10-3-2-8(12)14/h2-3,5,7H,4H2,1H3,(H,11,13)(H,15,16). The van der Waals surface area contributed by atoms with E-state index in [0.717, 1.165) is 4.57 Å². The summed E-state index contributed by atoms with van der Waals surface area (Å²) in [6, 6.07) is 0.0755. The summed E-state index contributed by atoms with van der Waals surface area (Å²) in [7, 11) is 0. The molecule has 0 fully saturated rings. The lowest BCUT2D eigenvalue weighted by Crippen LogP contribution is -2.44. The van der Waals surface area contributed by atoms with E-state index < -0.39 is 17.9 Å². The Hall–Kier alpha value is -2.18. The van der Waals surface area contributed by atoms with Crippen molar-refractivity contribution in [3.05, 3.63) is 28.9 Å². The number of carbonyl (C=O) groups excluding carboxylic acids is 1. The fraction of sp³-hybridized carbons (Fsp3) is 0.333. The number of nitrogens with one attached hydrogen (secondary N) is 1. The zero-order chi connectivity index (χ0) is 12.1. The second-order valence-corrected chi connectivity index (χ2v) is 3.16. The van der Waals surface area contributed by atoms with Crippen LogP contribution >= 0.6 is 0 Å². The number of carboxylic acid groups (broad SMARTS) is 1. The van der Waals surface area contributed by atoms with Crippen LogP contribution in [0.15, 0.2) is 23.4 Å². The van der Waals surface area contributed by atoms with Gasteiger partial charge in [-0.1, -0.05) is 0 Å². The van der Waals surface area contributed by atoms with Gasteiger partial charge in [0.1, 0.15) is 6.04 Å². The fourth-order valence-electron chi connectivity index (χ4n) is 1.14. The number of rotatable bonds is 4. The number of carboxylic acids is 1. The highest BCUT2D eigenvalue weighted by atomic mass is 16.4. The van der Waals surface area contributed by atoms with Gasteiger partial charge in [0.25, 0.3) is 5.56 Å². The summed E-state index contributed by atoms with van der Waals surface area (Å²) in [5.74, 6) is -1.67. The number of carbonyl (C=O) groups is 2. The molecule has 86 valence electrons. The highest BCUT2D eigenvalue weighted by Crippen LogP contribution is 1.89. The van der Waals surface area contributed by atoms with Crippen molar-refractivity contribution in [1.82, 2.24) is 14.9 Å². The first-order chi connectivity index (χ1) is 7.50. The van der Waals surface area contributed by atoms with Gasteiger partial charge in [0, 0.05) is 19.2 Å². The van der Waals surface area contributed by atoms with Gasteiger partial charge in [-0.2, -0.15) is 0 Å². The van der Waals surface area contributed by atoms with Gasteiger partial charge in [-0.25, -0.2) is 9.78 Å². The van der Waals surface area contributed by atoms with Gasteiger partial charge < -0.3 is 10.4 Å². The minimum atomic E-state index is -1.20. The quantitative estimate of drug-likeness (QED) is 0.672. The lowest BCUT2D eigenvalue weighted by molar-refractivity contribution is -0.141. The van der Waals surface area contributed by atoms with Gasteiger partial charge in [-0.05, 0) is 0 Å². The van der Waals surface area contributed by atoms with Gasteiger partial charge in [0.05, 0.1) is 12.9 Å². The summed E-state index contributed by atoms with van der Waals surface area (Å²) in [6.45, 7) is 1.06. The molecule has 0 saturated carbocycles. The molecule has 0 radical (unpaired) electrons. The third kappa shape index (κ3) is 3.19. The Balaban J connectivity index is 2.84. The number of hydrogen-bond donors (Lipinski definition) is 2. The molecule has 7 heteroatoms. The van der Waals surface area contributed by atoms with Gasteiger partial charge in [0.2, 0.25) is 5.91 Å². The second-order valence-electron chi connectivity index (χ2n) is 3.16. The summed E-state index contributed by atoms with van der Waals surface area (Å²) in [5.41, 5.74) is -0.369. The lowest BCUT2D eigenvalue weighted by Gasteiger charge is -2.13. The maximum atomic E-state index is 11.3. The van der Waals surface area contributed by atoms with Crippen LogP contribution in [0, 0.1) is 0 Å². The topological polar surface area (TPSA) is 101 Å². The third-order valence-electron chi connectivity index (χ3n) is 1.85. The zero-order valence-corrected chi connectivity index (χ0v) is 8.58. The predicted octanol–water partition coefficient (Wildman–Crippen LogP) is -1.17. The van der Waals surface area contributed by atoms with E-state index in [2.05, 4.69) is 10.3 Å². The van der Waals surface area contributed by atoms with Crippen molar-refractivity contribution in [2.75, 3.05) is 0 Å². The van der Waals surface area contributed by atoms with Gasteiger partial charge >= 0.3 is 5.97 Å². The minimum Gasteiger partial charge on any atom is -0.480 e. The maximum absolute atomic E-state index is 11.3. The molecular weight excluding hydrogens is 214 g/mol. The van der Waals surface area contributed by atoms with Crippen LogP contribution in [-0.2, 0) is 16.1 Å². The van der Waals surface area contributed by atoms with Gasteiger partial charge in [0.15, 0.2) is 0 Å². The fourth-order valence-corrected chi connectivity index (χ4v) is 1.14. The summed E-state index contributed by atoms with van der Waals surface area (Å²) in [5, 5.41) is 11.1. The molecule has 0 aliphatic carbocycles. The Bertz CT molecular complexity index is 454. The van der Waals surface area contributed by atoms with E-state index in [-0.39, 0.29) is 12.1 Å². The molecule has 16 heavy (non-hydrogen) atoms. The molecule has 1 unspecified atom stereocenters. The smallest absolute Gasteiger partial charge is 0.328 e. The van der Waals surface area contributed by atoms with Crippen LogP contribution in [0.5, 0.6) is 0 Å². The van der Waals surface area contributed by atoms with Crippen LogP contribution < -0.4 is 10.9 Å². The first-order valence-corrected chi connectivity index (χ1v) is 4.51. The Morgan fingerprint density at radius 1 is 1.62 bits per heavy atom. The van der Waals surface area contributed by atoms with Crippen molar-refractivity contribution in [1.29, 1.82) is 0 Å². The van der Waals surface area contributed by atoms with Crippen molar-refractivity contribution in [2.24, 2.45) is 0 Å². The van der Waals surface area contributed by atoms with Crippen LogP contribution in [0.25, 0.3) is 0 Å². The summed E-state index contributed by atoms with van der Waals surface area (Å²) < 4.78 is 1.12. The Morgan fingerprint density at radius 3 is 2.81 bits per heavy atom. The van der Waals surface area contributed by atoms with Crippen molar-refractivity contribution in [3.8, 4) is 0 Å². The monoisotopic (exact) mass is 225 g/mol. The average molecular weight is 225 g/mol. The first kappa shape index (κ1) is 11.9. The number of amides is 1. The molecule has 1 aromatic heterocycles. The highest BCUT2D eigenvalue weighted by molar-refractivity contribution is 5.81. The molecule has 0 aliphatic rings. The van der Waals surface area contributed by atoms with Crippen molar-refractivity contribution < 1.29 is 14.7 Å². The molecule has 1 rings (SSSR count). The molecule has 0 saturated heterocycles. The summed E-state index contributed by atoms with van der Waals surface area (Å²) in [4.78, 5) is 36.5. The summed E-state index contributed by atoms with van der Waals surface area (Å²) in [6.07, 6.45) is 2.53. The molecule has 7 nitrogen and oxygen atoms in total. The molecule has 0 aromatic carbocycles. The minimum absolute atomic E-state index is 0.151. The Labute approximate surface area is 90.7 Å². The van der Waals surface area contributed by atoms with E-state index in [4.69, 9.17) is 5.11 Å². The third-order valence-corrected chi connectivity index (χ3v) is 1.85. The van der Waals surface area contributed by atoms with Crippen molar-refractivity contribution in [3.63, 3.8) is 0 Å². The van der Waals surface area contributed by atoms with E-state index in [1.165, 1.54) is 25.5 Å². The SMILES string of the molecule is CC(=O)NC(Cn1cnccc1=O)C(=O)O. The van der Waals surface area contributed by atoms with Gasteiger partial charge in [-0.15, -0.1) is 0 Å². The van der Waals surface area contributed by atoms with Crippen LogP contribution in [0.1, 0.15) is 6.92 Å². The molecule has 1 amide bonds. The molecule has 1 heterocycles. The number of aromatic nitrogens is 2. The lowest BCUT2D eigenvalue weighted by atomic mass is 10.3. The molecule has 0 aliphatic heterocycles. The largest absolute Gasteiger partial charge is 0.480 e. The van der Waals surface area contributed by atoms with E-state index in [1.807, 2.05) is 0 Å².